The predicted molar refractivity (Wildman–Crippen MR) is 136 cm³/mol. The van der Waals surface area contributed by atoms with E-state index in [1.807, 2.05) is 62.5 Å². The monoisotopic (exact) mass is 475 g/mol. The number of hydrogen-bond acceptors (Lipinski definition) is 3. The average Bonchev–Trinajstić information content (AvgIpc) is 3.15. The second-order valence-electron chi connectivity index (χ2n) is 8.18. The standard InChI is InChI=1S/C27H26FN3O2S/c1-18-12-19(2)14-20(13-18)27(33)29-10-11-31-16-25(23-8-3-4-9-24(23)31)34-17-26(32)30-22-7-5-6-21(28)15-22/h3-9,12-16H,10-11,17H2,1-2H3,(H,29,33)(H,30,32). The van der Waals surface area contributed by atoms with Gasteiger partial charge in [-0.1, -0.05) is 41.5 Å². The molecular formula is C27H26FN3O2S. The molecule has 4 rings (SSSR count). The zero-order valence-corrected chi connectivity index (χ0v) is 19.9. The van der Waals surface area contributed by atoms with Crippen LogP contribution in [-0.4, -0.2) is 28.7 Å². The maximum atomic E-state index is 13.3. The van der Waals surface area contributed by atoms with Crippen LogP contribution in [0.5, 0.6) is 0 Å². The molecule has 0 spiro atoms. The summed E-state index contributed by atoms with van der Waals surface area (Å²) in [5.74, 6) is -0.480. The fraction of sp³-hybridized carbons (Fsp3) is 0.185. The van der Waals surface area contributed by atoms with Crippen LogP contribution in [0.25, 0.3) is 10.9 Å². The van der Waals surface area contributed by atoms with Gasteiger partial charge in [-0.3, -0.25) is 9.59 Å². The lowest BCUT2D eigenvalue weighted by atomic mass is 10.1. The maximum Gasteiger partial charge on any atom is 0.251 e. The van der Waals surface area contributed by atoms with Crippen molar-refractivity contribution in [2.24, 2.45) is 0 Å². The van der Waals surface area contributed by atoms with E-state index in [1.165, 1.54) is 23.9 Å². The van der Waals surface area contributed by atoms with Gasteiger partial charge in [-0.15, -0.1) is 11.8 Å². The van der Waals surface area contributed by atoms with Gasteiger partial charge in [0, 0.05) is 46.3 Å². The summed E-state index contributed by atoms with van der Waals surface area (Å²) in [6, 6.07) is 19.6. The fourth-order valence-corrected chi connectivity index (χ4v) is 4.81. The van der Waals surface area contributed by atoms with E-state index in [4.69, 9.17) is 0 Å². The molecule has 1 aromatic heterocycles. The molecule has 0 atom stereocenters. The summed E-state index contributed by atoms with van der Waals surface area (Å²) in [5, 5.41) is 6.77. The van der Waals surface area contributed by atoms with Crippen LogP contribution in [0.15, 0.2) is 77.8 Å². The first-order valence-corrected chi connectivity index (χ1v) is 12.0. The summed E-state index contributed by atoms with van der Waals surface area (Å²) < 4.78 is 15.4. The van der Waals surface area contributed by atoms with E-state index in [0.717, 1.165) is 26.9 Å². The quantitative estimate of drug-likeness (QED) is 0.328. The number of aryl methyl sites for hydroxylation is 2. The molecule has 7 heteroatoms. The first-order chi connectivity index (χ1) is 16.4. The molecule has 2 amide bonds. The third kappa shape index (κ3) is 5.85. The second kappa shape index (κ2) is 10.6. The molecule has 0 saturated heterocycles. The zero-order valence-electron chi connectivity index (χ0n) is 19.1. The predicted octanol–water partition coefficient (Wildman–Crippen LogP) is 5.56. The normalized spacial score (nSPS) is 10.9. The van der Waals surface area contributed by atoms with Crippen molar-refractivity contribution in [2.45, 2.75) is 25.3 Å². The van der Waals surface area contributed by atoms with Crippen LogP contribution in [0.3, 0.4) is 0 Å². The Kier molecular flexibility index (Phi) is 7.33. The summed E-state index contributed by atoms with van der Waals surface area (Å²) in [4.78, 5) is 25.9. The van der Waals surface area contributed by atoms with Crippen LogP contribution in [0.2, 0.25) is 0 Å². The summed E-state index contributed by atoms with van der Waals surface area (Å²) in [6.45, 7) is 5.04. The summed E-state index contributed by atoms with van der Waals surface area (Å²) in [6.07, 6.45) is 2.01. The van der Waals surface area contributed by atoms with Gasteiger partial charge < -0.3 is 15.2 Å². The average molecular weight is 476 g/mol. The van der Waals surface area contributed by atoms with Crippen LogP contribution >= 0.6 is 11.8 Å². The number of thioether (sulfide) groups is 1. The number of carbonyl (C=O) groups excluding carboxylic acids is 2. The number of para-hydroxylation sites is 1. The second-order valence-corrected chi connectivity index (χ2v) is 9.20. The minimum absolute atomic E-state index is 0.0909. The largest absolute Gasteiger partial charge is 0.350 e. The van der Waals surface area contributed by atoms with E-state index in [1.54, 1.807) is 12.1 Å². The molecule has 174 valence electrons. The zero-order chi connectivity index (χ0) is 24.1. The third-order valence-electron chi connectivity index (χ3n) is 5.34. The smallest absolute Gasteiger partial charge is 0.251 e. The Bertz CT molecular complexity index is 1330. The number of rotatable bonds is 8. The van der Waals surface area contributed by atoms with Gasteiger partial charge in [0.15, 0.2) is 0 Å². The minimum atomic E-state index is -0.391. The topological polar surface area (TPSA) is 63.1 Å². The highest BCUT2D eigenvalue weighted by Crippen LogP contribution is 2.30. The van der Waals surface area contributed by atoms with Crippen molar-refractivity contribution >= 4 is 40.2 Å². The molecule has 0 aliphatic carbocycles. The Morgan fingerprint density at radius 2 is 1.74 bits per heavy atom. The van der Waals surface area contributed by atoms with Crippen molar-refractivity contribution in [3.05, 3.63) is 95.4 Å². The van der Waals surface area contributed by atoms with Gasteiger partial charge in [0.05, 0.1) is 5.75 Å². The molecule has 5 nitrogen and oxygen atoms in total. The van der Waals surface area contributed by atoms with Gasteiger partial charge in [0.2, 0.25) is 5.91 Å². The Balaban J connectivity index is 1.39. The number of nitrogens with zero attached hydrogens (tertiary/aromatic N) is 1. The number of benzene rings is 3. The van der Waals surface area contributed by atoms with Crippen LogP contribution in [0.1, 0.15) is 21.5 Å². The van der Waals surface area contributed by atoms with Gasteiger partial charge in [0.25, 0.3) is 5.91 Å². The van der Waals surface area contributed by atoms with E-state index >= 15 is 0 Å². The van der Waals surface area contributed by atoms with Crippen LogP contribution in [0.4, 0.5) is 10.1 Å². The molecule has 4 aromatic rings. The molecule has 0 aliphatic rings. The van der Waals surface area contributed by atoms with E-state index in [0.29, 0.717) is 24.3 Å². The van der Waals surface area contributed by atoms with Gasteiger partial charge in [-0.05, 0) is 50.2 Å². The van der Waals surface area contributed by atoms with Crippen LogP contribution < -0.4 is 10.6 Å². The number of aromatic nitrogens is 1. The Hall–Kier alpha value is -3.58. The number of amides is 2. The lowest BCUT2D eigenvalue weighted by molar-refractivity contribution is -0.113. The summed E-state index contributed by atoms with van der Waals surface area (Å²) in [7, 11) is 0. The molecule has 0 unspecified atom stereocenters. The van der Waals surface area contributed by atoms with Crippen LogP contribution in [0, 0.1) is 19.7 Å². The van der Waals surface area contributed by atoms with E-state index < -0.39 is 5.82 Å². The minimum Gasteiger partial charge on any atom is -0.350 e. The Morgan fingerprint density at radius 1 is 0.971 bits per heavy atom. The van der Waals surface area contributed by atoms with Crippen molar-refractivity contribution in [1.82, 2.24) is 9.88 Å². The Labute approximate surface area is 202 Å². The van der Waals surface area contributed by atoms with Gasteiger partial charge >= 0.3 is 0 Å². The molecular weight excluding hydrogens is 449 g/mol. The van der Waals surface area contributed by atoms with Crippen molar-refractivity contribution in [1.29, 1.82) is 0 Å². The number of halogens is 1. The van der Waals surface area contributed by atoms with E-state index in [2.05, 4.69) is 15.2 Å². The number of anilines is 1. The van der Waals surface area contributed by atoms with E-state index in [-0.39, 0.29) is 17.6 Å². The number of hydrogen-bond donors (Lipinski definition) is 2. The van der Waals surface area contributed by atoms with Crippen molar-refractivity contribution < 1.29 is 14.0 Å². The highest BCUT2D eigenvalue weighted by atomic mass is 32.2. The Morgan fingerprint density at radius 3 is 2.50 bits per heavy atom. The van der Waals surface area contributed by atoms with Crippen LogP contribution in [-0.2, 0) is 11.3 Å². The van der Waals surface area contributed by atoms with Gasteiger partial charge in [-0.25, -0.2) is 4.39 Å². The molecule has 0 bridgehead atoms. The van der Waals surface area contributed by atoms with Crippen molar-refractivity contribution in [2.75, 3.05) is 17.6 Å². The lowest BCUT2D eigenvalue weighted by Gasteiger charge is -2.09. The SMILES string of the molecule is Cc1cc(C)cc(C(=O)NCCn2cc(SCC(=O)Nc3cccc(F)c3)c3ccccc32)c1. The molecule has 0 radical (unpaired) electrons. The first kappa shape index (κ1) is 23.6. The number of nitrogens with one attached hydrogen (secondary N) is 2. The molecule has 0 fully saturated rings. The number of fused-ring (bicyclic) bond motifs is 1. The van der Waals surface area contributed by atoms with Crippen molar-refractivity contribution in [3.63, 3.8) is 0 Å². The van der Waals surface area contributed by atoms with Gasteiger partial charge in [-0.2, -0.15) is 0 Å². The van der Waals surface area contributed by atoms with Gasteiger partial charge in [0.1, 0.15) is 5.82 Å². The fourth-order valence-electron chi connectivity index (χ4n) is 3.92. The summed E-state index contributed by atoms with van der Waals surface area (Å²) >= 11 is 1.43. The maximum absolute atomic E-state index is 13.3. The highest BCUT2D eigenvalue weighted by Gasteiger charge is 2.12. The lowest BCUT2D eigenvalue weighted by Crippen LogP contribution is -2.27. The highest BCUT2D eigenvalue weighted by molar-refractivity contribution is 8.00. The first-order valence-electron chi connectivity index (χ1n) is 11.0. The molecule has 3 aromatic carbocycles. The molecule has 1 heterocycles. The van der Waals surface area contributed by atoms with Crippen molar-refractivity contribution in [3.8, 4) is 0 Å². The molecule has 2 N–H and O–H groups in total. The molecule has 0 saturated carbocycles. The van der Waals surface area contributed by atoms with E-state index in [9.17, 15) is 14.0 Å². The number of carbonyl (C=O) groups is 2. The third-order valence-corrected chi connectivity index (χ3v) is 6.38. The molecule has 0 aliphatic heterocycles. The summed E-state index contributed by atoms with van der Waals surface area (Å²) in [5.41, 5.74) is 4.26. The molecule has 34 heavy (non-hydrogen) atoms.